The summed E-state index contributed by atoms with van der Waals surface area (Å²) in [7, 11) is 0. The molecular weight excluding hydrogens is 517 g/mol. The Morgan fingerprint density at radius 2 is 1.70 bits per heavy atom. The van der Waals surface area contributed by atoms with Crippen molar-refractivity contribution in [1.82, 2.24) is 0 Å². The highest BCUT2D eigenvalue weighted by Crippen LogP contribution is 2.63. The lowest BCUT2D eigenvalue weighted by atomic mass is 9.55. The van der Waals surface area contributed by atoms with Gasteiger partial charge in [0.1, 0.15) is 0 Å². The molecule has 0 aromatic carbocycles. The Balaban J connectivity index is 1.88. The Kier molecular flexibility index (Phi) is 9.98. The van der Waals surface area contributed by atoms with Crippen molar-refractivity contribution in [3.8, 4) is 0 Å². The second kappa shape index (κ2) is 12.1. The summed E-state index contributed by atoms with van der Waals surface area (Å²) < 4.78 is 39.9. The third kappa shape index (κ3) is 7.50. The van der Waals surface area contributed by atoms with Crippen LogP contribution >= 0.6 is 0 Å². The van der Waals surface area contributed by atoms with E-state index in [1.54, 1.807) is 13.8 Å². The van der Waals surface area contributed by atoms with Gasteiger partial charge in [-0.25, -0.2) is 0 Å². The predicted molar refractivity (Wildman–Crippen MR) is 153 cm³/mol. The van der Waals surface area contributed by atoms with Crippen molar-refractivity contribution in [3.05, 3.63) is 47.6 Å². The van der Waals surface area contributed by atoms with E-state index in [0.717, 1.165) is 63.5 Å². The molecule has 4 N–H and O–H groups in total. The number of hydrogen-bond donors (Lipinski definition) is 4. The van der Waals surface area contributed by atoms with E-state index in [1.165, 1.54) is 11.6 Å². The van der Waals surface area contributed by atoms with E-state index in [2.05, 4.69) is 26.5 Å². The van der Waals surface area contributed by atoms with Gasteiger partial charge in [0.05, 0.1) is 17.8 Å². The number of rotatable bonds is 9. The van der Waals surface area contributed by atoms with Crippen LogP contribution < -0.4 is 0 Å². The Morgan fingerprint density at radius 3 is 2.33 bits per heavy atom. The third-order valence-corrected chi connectivity index (χ3v) is 10.2. The first-order valence-electron chi connectivity index (χ1n) is 14.9. The molecule has 0 amide bonds. The smallest absolute Gasteiger partial charge is 0.393 e. The molecule has 228 valence electrons. The van der Waals surface area contributed by atoms with Crippen molar-refractivity contribution in [3.63, 3.8) is 0 Å². The molecule has 40 heavy (non-hydrogen) atoms. The Hall–Kier alpha value is -1.41. The fourth-order valence-electron chi connectivity index (χ4n) is 7.85. The zero-order valence-corrected chi connectivity index (χ0v) is 25.0. The van der Waals surface area contributed by atoms with E-state index in [4.69, 9.17) is 0 Å². The number of halogens is 3. The molecule has 0 radical (unpaired) electrons. The molecule has 0 aromatic rings. The molecule has 0 heterocycles. The Labute approximate surface area is 238 Å². The molecule has 0 aromatic heterocycles. The van der Waals surface area contributed by atoms with Gasteiger partial charge in [-0.3, -0.25) is 0 Å². The van der Waals surface area contributed by atoms with Gasteiger partial charge in [-0.15, -0.1) is 0 Å². The van der Waals surface area contributed by atoms with Crippen LogP contribution in [-0.4, -0.2) is 50.0 Å². The molecule has 0 spiro atoms. The van der Waals surface area contributed by atoms with Crippen LogP contribution in [0, 0.1) is 22.7 Å². The van der Waals surface area contributed by atoms with Crippen molar-refractivity contribution in [2.24, 2.45) is 22.7 Å². The highest BCUT2D eigenvalue weighted by atomic mass is 19.4. The lowest BCUT2D eigenvalue weighted by Crippen LogP contribution is -2.42. The summed E-state index contributed by atoms with van der Waals surface area (Å²) in [5.41, 5.74) is -1.07. The first-order valence-corrected chi connectivity index (χ1v) is 14.9. The minimum atomic E-state index is -4.74. The average molecular weight is 569 g/mol. The van der Waals surface area contributed by atoms with Gasteiger partial charge in [0.2, 0.25) is 0 Å². The predicted octanol–water partition coefficient (Wildman–Crippen LogP) is 7.33. The molecule has 0 aliphatic heterocycles. The van der Waals surface area contributed by atoms with Gasteiger partial charge in [-0.1, -0.05) is 50.6 Å². The van der Waals surface area contributed by atoms with Gasteiger partial charge in [-0.2, -0.15) is 13.2 Å². The SMILES string of the molecule is C=C1/C(=C\C=C2/CCC[C@@]3(C)C2CCC3[C@](C)(C/C=C\C(C)(O)C(F)(F)F)CCCC(C)(C)O)CC(O)C[C@@H]1O. The van der Waals surface area contributed by atoms with Crippen LogP contribution in [0.15, 0.2) is 47.6 Å². The molecule has 7 heteroatoms. The fraction of sp³-hybridized carbons (Fsp3) is 0.758. The minimum Gasteiger partial charge on any atom is -0.393 e. The normalized spacial score (nSPS) is 35.2. The molecule has 3 saturated carbocycles. The molecule has 3 rings (SSSR count). The molecule has 4 nitrogen and oxygen atoms in total. The second-order valence-electron chi connectivity index (χ2n) is 14.2. The number of aliphatic hydroxyl groups is 4. The fourth-order valence-corrected chi connectivity index (χ4v) is 7.85. The topological polar surface area (TPSA) is 80.9 Å². The summed E-state index contributed by atoms with van der Waals surface area (Å²) in [6.45, 7) is 12.9. The van der Waals surface area contributed by atoms with E-state index in [1.807, 2.05) is 6.08 Å². The summed E-state index contributed by atoms with van der Waals surface area (Å²) in [6, 6.07) is 0. The molecule has 3 fully saturated rings. The maximum atomic E-state index is 13.3. The van der Waals surface area contributed by atoms with E-state index >= 15 is 0 Å². The van der Waals surface area contributed by atoms with Crippen molar-refractivity contribution in [1.29, 1.82) is 0 Å². The zero-order valence-electron chi connectivity index (χ0n) is 25.0. The van der Waals surface area contributed by atoms with Gasteiger partial charge in [0.15, 0.2) is 5.60 Å². The third-order valence-electron chi connectivity index (χ3n) is 10.2. The lowest BCUT2D eigenvalue weighted by Gasteiger charge is -2.49. The summed E-state index contributed by atoms with van der Waals surface area (Å²) >= 11 is 0. The summed E-state index contributed by atoms with van der Waals surface area (Å²) in [4.78, 5) is 0. The van der Waals surface area contributed by atoms with Gasteiger partial charge >= 0.3 is 6.18 Å². The quantitative estimate of drug-likeness (QED) is 0.220. The zero-order chi connectivity index (χ0) is 30.1. The van der Waals surface area contributed by atoms with Gasteiger partial charge in [0.25, 0.3) is 0 Å². The standard InChI is InChI=1S/C33H51F3O4/c1-22-24(20-25(37)21-27(22)38)12-11-23-10-7-18-31(5)26(23)13-14-28(31)30(4,16-8-15-29(2,3)39)17-9-19-32(6,40)33(34,35)36/h9,11-12,19,25-28,37-40H,1,7-8,10,13-18,20-21H2,2-6H3/b19-9-,23-11+,24-12-/t25?,26?,27-,28?,30-,31-,32?/m0/s1. The summed E-state index contributed by atoms with van der Waals surface area (Å²) in [5, 5.41) is 40.7. The first-order chi connectivity index (χ1) is 18.3. The second-order valence-corrected chi connectivity index (χ2v) is 14.2. The van der Waals surface area contributed by atoms with Gasteiger partial charge in [-0.05, 0) is 118 Å². The van der Waals surface area contributed by atoms with Crippen molar-refractivity contribution < 1.29 is 33.6 Å². The van der Waals surface area contributed by atoms with Crippen molar-refractivity contribution in [2.45, 2.75) is 135 Å². The molecule has 3 aliphatic rings. The maximum absolute atomic E-state index is 13.3. The summed E-state index contributed by atoms with van der Waals surface area (Å²) in [5.74, 6) is 0.627. The van der Waals surface area contributed by atoms with Crippen LogP contribution in [0.1, 0.15) is 105 Å². The average Bonchev–Trinajstić information content (AvgIpc) is 3.17. The van der Waals surface area contributed by atoms with Crippen LogP contribution in [0.2, 0.25) is 0 Å². The molecule has 0 saturated heterocycles. The molecular formula is C33H51F3O4. The molecule has 0 bridgehead atoms. The monoisotopic (exact) mass is 568 g/mol. The van der Waals surface area contributed by atoms with Crippen LogP contribution in [-0.2, 0) is 0 Å². The van der Waals surface area contributed by atoms with Crippen molar-refractivity contribution in [2.75, 3.05) is 0 Å². The first kappa shape index (κ1) is 33.1. The van der Waals surface area contributed by atoms with Crippen LogP contribution in [0.4, 0.5) is 13.2 Å². The highest BCUT2D eigenvalue weighted by Gasteiger charge is 2.55. The molecule has 7 atom stereocenters. The number of alkyl halides is 3. The van der Waals surface area contributed by atoms with Crippen LogP contribution in [0.3, 0.4) is 0 Å². The van der Waals surface area contributed by atoms with E-state index < -0.39 is 29.6 Å². The molecule has 3 aliphatic carbocycles. The Morgan fingerprint density at radius 1 is 1.02 bits per heavy atom. The van der Waals surface area contributed by atoms with Crippen molar-refractivity contribution >= 4 is 0 Å². The number of fused-ring (bicyclic) bond motifs is 1. The lowest BCUT2D eigenvalue weighted by molar-refractivity contribution is -0.232. The van der Waals surface area contributed by atoms with Gasteiger partial charge in [0, 0.05) is 6.42 Å². The van der Waals surface area contributed by atoms with Crippen LogP contribution in [0.25, 0.3) is 0 Å². The summed E-state index contributed by atoms with van der Waals surface area (Å²) in [6.07, 6.45) is 8.99. The Bertz CT molecular complexity index is 1000. The van der Waals surface area contributed by atoms with E-state index in [-0.39, 0.29) is 16.7 Å². The highest BCUT2D eigenvalue weighted by molar-refractivity contribution is 5.38. The van der Waals surface area contributed by atoms with E-state index in [0.29, 0.717) is 37.2 Å². The molecule has 4 unspecified atom stereocenters. The van der Waals surface area contributed by atoms with Gasteiger partial charge < -0.3 is 20.4 Å². The number of hydrogen-bond acceptors (Lipinski definition) is 4. The largest absolute Gasteiger partial charge is 0.420 e. The van der Waals surface area contributed by atoms with Crippen LogP contribution in [0.5, 0.6) is 0 Å². The number of aliphatic hydroxyl groups excluding tert-OH is 2. The number of allylic oxidation sites excluding steroid dienone is 4. The maximum Gasteiger partial charge on any atom is 0.420 e. The minimum absolute atomic E-state index is 0.0188. The van der Waals surface area contributed by atoms with E-state index in [9.17, 15) is 33.6 Å².